The van der Waals surface area contributed by atoms with E-state index in [1.807, 2.05) is 6.92 Å². The third-order valence-corrected chi connectivity index (χ3v) is 5.26. The van der Waals surface area contributed by atoms with Gasteiger partial charge < -0.3 is 4.74 Å². The van der Waals surface area contributed by atoms with E-state index in [9.17, 15) is 13.2 Å². The molecule has 0 aliphatic carbocycles. The number of hydrogen-bond acceptors (Lipinski definition) is 1. The maximum absolute atomic E-state index is 14.7. The summed E-state index contributed by atoms with van der Waals surface area (Å²) in [6.07, 6.45) is 4.24. The average molecular weight is 362 g/mol. The van der Waals surface area contributed by atoms with Crippen molar-refractivity contribution in [3.8, 4) is 11.1 Å². The fourth-order valence-electron chi connectivity index (χ4n) is 3.67. The van der Waals surface area contributed by atoms with E-state index >= 15 is 0 Å². The van der Waals surface area contributed by atoms with Gasteiger partial charge in [-0.15, -0.1) is 0 Å². The lowest BCUT2D eigenvalue weighted by atomic mass is 9.89. The number of halogens is 3. The Morgan fingerprint density at radius 2 is 1.81 bits per heavy atom. The van der Waals surface area contributed by atoms with Crippen molar-refractivity contribution < 1.29 is 17.9 Å². The van der Waals surface area contributed by atoms with Gasteiger partial charge in [-0.25, -0.2) is 13.2 Å². The van der Waals surface area contributed by atoms with Crippen LogP contribution in [0.3, 0.4) is 0 Å². The van der Waals surface area contributed by atoms with Gasteiger partial charge in [0.05, 0.1) is 12.7 Å². The number of hydrogen-bond donors (Lipinski definition) is 0. The van der Waals surface area contributed by atoms with E-state index in [1.165, 1.54) is 12.1 Å². The van der Waals surface area contributed by atoms with Gasteiger partial charge in [0.1, 0.15) is 5.82 Å². The summed E-state index contributed by atoms with van der Waals surface area (Å²) in [6.45, 7) is 4.50. The van der Waals surface area contributed by atoms with Crippen molar-refractivity contribution in [3.05, 3.63) is 58.9 Å². The van der Waals surface area contributed by atoms with Gasteiger partial charge in [0.15, 0.2) is 11.6 Å². The minimum absolute atomic E-state index is 0.0142. The molecule has 3 rings (SSSR count). The molecule has 0 radical (unpaired) electrons. The first kappa shape index (κ1) is 19.0. The molecule has 2 unspecified atom stereocenters. The van der Waals surface area contributed by atoms with Crippen molar-refractivity contribution >= 4 is 0 Å². The Labute approximate surface area is 153 Å². The van der Waals surface area contributed by atoms with Crippen LogP contribution in [0, 0.1) is 17.5 Å². The second-order valence-electron chi connectivity index (χ2n) is 7.02. The van der Waals surface area contributed by atoms with Crippen LogP contribution >= 0.6 is 0 Å². The predicted molar refractivity (Wildman–Crippen MR) is 97.8 cm³/mol. The molecule has 1 nitrogen and oxygen atoms in total. The summed E-state index contributed by atoms with van der Waals surface area (Å²) in [5, 5.41) is 0. The lowest BCUT2D eigenvalue weighted by Gasteiger charge is -2.29. The molecule has 0 amide bonds. The second-order valence-corrected chi connectivity index (χ2v) is 7.02. The van der Waals surface area contributed by atoms with Gasteiger partial charge in [-0.3, -0.25) is 0 Å². The molecule has 1 aliphatic rings. The molecule has 1 heterocycles. The topological polar surface area (TPSA) is 9.23 Å². The quantitative estimate of drug-likeness (QED) is 0.598. The van der Waals surface area contributed by atoms with E-state index in [0.29, 0.717) is 29.7 Å². The smallest absolute Gasteiger partial charge is 0.166 e. The third kappa shape index (κ3) is 3.80. The van der Waals surface area contributed by atoms with Crippen LogP contribution in [-0.4, -0.2) is 12.7 Å². The number of benzene rings is 2. The summed E-state index contributed by atoms with van der Waals surface area (Å²) in [4.78, 5) is 0. The number of rotatable bonds is 5. The van der Waals surface area contributed by atoms with E-state index in [1.54, 1.807) is 18.2 Å². The Bertz CT molecular complexity index is 764. The van der Waals surface area contributed by atoms with Crippen molar-refractivity contribution in [1.29, 1.82) is 0 Å². The summed E-state index contributed by atoms with van der Waals surface area (Å²) >= 11 is 0. The monoisotopic (exact) mass is 362 g/mol. The first-order valence-corrected chi connectivity index (χ1v) is 9.43. The summed E-state index contributed by atoms with van der Waals surface area (Å²) in [5.41, 5.74) is 1.40. The molecule has 0 bridgehead atoms. The second kappa shape index (κ2) is 8.26. The van der Waals surface area contributed by atoms with Crippen LogP contribution in [0.5, 0.6) is 0 Å². The van der Waals surface area contributed by atoms with Crippen LogP contribution in [0.25, 0.3) is 11.1 Å². The van der Waals surface area contributed by atoms with Gasteiger partial charge in [0, 0.05) is 11.5 Å². The normalized spacial score (nSPS) is 20.3. The minimum atomic E-state index is -0.908. The Hall–Kier alpha value is -1.81. The van der Waals surface area contributed by atoms with Crippen molar-refractivity contribution in [3.63, 3.8) is 0 Å². The molecule has 4 heteroatoms. The molecule has 0 saturated carbocycles. The highest BCUT2D eigenvalue weighted by Gasteiger charge is 2.24. The van der Waals surface area contributed by atoms with E-state index in [-0.39, 0.29) is 23.4 Å². The predicted octanol–water partition coefficient (Wildman–Crippen LogP) is 6.40. The van der Waals surface area contributed by atoms with Crippen LogP contribution in [0.2, 0.25) is 0 Å². The van der Waals surface area contributed by atoms with E-state index in [2.05, 4.69) is 6.92 Å². The van der Waals surface area contributed by atoms with Crippen LogP contribution in [0.15, 0.2) is 30.3 Å². The molecule has 0 aromatic heterocycles. The van der Waals surface area contributed by atoms with Gasteiger partial charge >= 0.3 is 0 Å². The van der Waals surface area contributed by atoms with Crippen LogP contribution < -0.4 is 0 Å². The van der Waals surface area contributed by atoms with Crippen LogP contribution in [-0.2, 0) is 11.2 Å². The number of aryl methyl sites for hydroxylation is 1. The van der Waals surface area contributed by atoms with Gasteiger partial charge in [0.25, 0.3) is 0 Å². The van der Waals surface area contributed by atoms with Crippen molar-refractivity contribution in [2.24, 2.45) is 0 Å². The van der Waals surface area contributed by atoms with Crippen LogP contribution in [0.1, 0.15) is 56.6 Å². The zero-order chi connectivity index (χ0) is 18.7. The zero-order valence-electron chi connectivity index (χ0n) is 15.3. The summed E-state index contributed by atoms with van der Waals surface area (Å²) in [6, 6.07) is 7.78. The molecule has 2 atom stereocenters. The third-order valence-electron chi connectivity index (χ3n) is 5.26. The zero-order valence-corrected chi connectivity index (χ0v) is 15.3. The molecule has 1 saturated heterocycles. The highest BCUT2D eigenvalue weighted by atomic mass is 19.2. The van der Waals surface area contributed by atoms with Gasteiger partial charge in [0.2, 0.25) is 0 Å². The Morgan fingerprint density at radius 3 is 2.42 bits per heavy atom. The van der Waals surface area contributed by atoms with E-state index in [0.717, 1.165) is 25.7 Å². The molecule has 0 spiro atoms. The largest absolute Gasteiger partial charge is 0.378 e. The van der Waals surface area contributed by atoms with E-state index in [4.69, 9.17) is 4.74 Å². The Kier molecular flexibility index (Phi) is 6.02. The lowest BCUT2D eigenvalue weighted by molar-refractivity contribution is 0.00141. The Balaban J connectivity index is 1.85. The minimum Gasteiger partial charge on any atom is -0.378 e. The van der Waals surface area contributed by atoms with Gasteiger partial charge in [-0.1, -0.05) is 44.5 Å². The van der Waals surface area contributed by atoms with E-state index < -0.39 is 11.6 Å². The van der Waals surface area contributed by atoms with Crippen molar-refractivity contribution in [1.82, 2.24) is 0 Å². The maximum Gasteiger partial charge on any atom is 0.166 e. The Morgan fingerprint density at radius 1 is 1.00 bits per heavy atom. The molecule has 140 valence electrons. The fourth-order valence-corrected chi connectivity index (χ4v) is 3.67. The van der Waals surface area contributed by atoms with Crippen molar-refractivity contribution in [2.75, 3.05) is 6.61 Å². The lowest BCUT2D eigenvalue weighted by Crippen LogP contribution is -2.24. The van der Waals surface area contributed by atoms with Gasteiger partial charge in [-0.2, -0.15) is 0 Å². The SMILES string of the molecule is CCCc1ccc(-c2ccc(C3CCC(CC)OC3)c(F)c2)c(F)c1F. The summed E-state index contributed by atoms with van der Waals surface area (Å²) in [7, 11) is 0. The molecule has 2 aromatic carbocycles. The van der Waals surface area contributed by atoms with Crippen molar-refractivity contribution in [2.45, 2.75) is 58.0 Å². The molecule has 0 N–H and O–H groups in total. The molecule has 26 heavy (non-hydrogen) atoms. The first-order valence-electron chi connectivity index (χ1n) is 9.43. The molecular formula is C22H25F3O. The molecule has 1 aliphatic heterocycles. The number of ether oxygens (including phenoxy) is 1. The fraction of sp³-hybridized carbons (Fsp3) is 0.455. The maximum atomic E-state index is 14.7. The summed E-state index contributed by atoms with van der Waals surface area (Å²) in [5.74, 6) is -2.11. The first-order chi connectivity index (χ1) is 12.5. The van der Waals surface area contributed by atoms with Gasteiger partial charge in [-0.05, 0) is 48.4 Å². The average Bonchev–Trinajstić information content (AvgIpc) is 2.66. The molecule has 1 fully saturated rings. The highest BCUT2D eigenvalue weighted by Crippen LogP contribution is 2.34. The highest BCUT2D eigenvalue weighted by molar-refractivity contribution is 5.65. The summed E-state index contributed by atoms with van der Waals surface area (Å²) < 4.78 is 49.0. The van der Waals surface area contributed by atoms with Crippen LogP contribution in [0.4, 0.5) is 13.2 Å². The molecule has 2 aromatic rings. The molecular weight excluding hydrogens is 337 g/mol. The standard InChI is InChI=1S/C22H25F3O/c1-3-5-14-7-11-19(22(25)21(14)24)15-8-10-18(20(23)12-15)16-6-9-17(4-2)26-13-16/h7-8,10-12,16-17H,3-6,9,13H2,1-2H3.